The number of carbonyl (C=O) groups is 1. The maximum absolute atomic E-state index is 12.4. The highest BCUT2D eigenvalue weighted by molar-refractivity contribution is 9.10. The van der Waals surface area contributed by atoms with Gasteiger partial charge in [-0.15, -0.1) is 0 Å². The third-order valence-electron chi connectivity index (χ3n) is 3.13. The van der Waals surface area contributed by atoms with E-state index in [9.17, 15) is 4.79 Å². The molecule has 3 aromatic rings. The Morgan fingerprint density at radius 2 is 2.05 bits per heavy atom. The van der Waals surface area contributed by atoms with E-state index in [1.807, 2.05) is 12.1 Å². The number of hydrogen-bond acceptors (Lipinski definition) is 2. The normalized spacial score (nSPS) is 10.8. The lowest BCUT2D eigenvalue weighted by Crippen LogP contribution is -2.11. The van der Waals surface area contributed by atoms with Gasteiger partial charge in [-0.2, -0.15) is 0 Å². The van der Waals surface area contributed by atoms with Gasteiger partial charge in [0.25, 0.3) is 5.91 Å². The molecule has 4 nitrogen and oxygen atoms in total. The van der Waals surface area contributed by atoms with Crippen molar-refractivity contribution in [2.24, 2.45) is 0 Å². The van der Waals surface area contributed by atoms with Crippen molar-refractivity contribution < 1.29 is 4.79 Å². The van der Waals surface area contributed by atoms with Crippen LogP contribution >= 0.6 is 27.5 Å². The molecule has 0 bridgehead atoms. The number of carbonyl (C=O) groups excluding carboxylic acids is 1. The molecule has 4 N–H and O–H groups in total. The van der Waals surface area contributed by atoms with Gasteiger partial charge in [0.1, 0.15) is 0 Å². The number of nitrogens with one attached hydrogen (secondary N) is 2. The molecule has 1 aromatic heterocycles. The number of fused-ring (bicyclic) bond motifs is 1. The first-order chi connectivity index (χ1) is 10.0. The van der Waals surface area contributed by atoms with Gasteiger partial charge in [-0.05, 0) is 36.4 Å². The summed E-state index contributed by atoms with van der Waals surface area (Å²) < 4.78 is 0.842. The predicted molar refractivity (Wildman–Crippen MR) is 89.8 cm³/mol. The number of H-pyrrole nitrogens is 1. The van der Waals surface area contributed by atoms with Crippen LogP contribution in [0, 0.1) is 0 Å². The SMILES string of the molecule is Nc1ccc2c(C(=O)Nc3cc(Br)ccc3Cl)c[nH]c2c1. The Morgan fingerprint density at radius 1 is 1.24 bits per heavy atom. The quantitative estimate of drug-likeness (QED) is 0.589. The van der Waals surface area contributed by atoms with E-state index in [4.69, 9.17) is 17.3 Å². The molecule has 0 fully saturated rings. The van der Waals surface area contributed by atoms with Gasteiger partial charge in [0.15, 0.2) is 0 Å². The van der Waals surface area contributed by atoms with Crippen LogP contribution < -0.4 is 11.1 Å². The smallest absolute Gasteiger partial charge is 0.257 e. The second-order valence-electron chi connectivity index (χ2n) is 4.59. The van der Waals surface area contributed by atoms with E-state index in [0.29, 0.717) is 22.0 Å². The standard InChI is InChI=1S/C15H11BrClN3O/c16-8-1-4-12(17)14(5-8)20-15(21)11-7-19-13-6-9(18)2-3-10(11)13/h1-7,19H,18H2,(H,20,21). The van der Waals surface area contributed by atoms with Crippen LogP contribution in [0.3, 0.4) is 0 Å². The second-order valence-corrected chi connectivity index (χ2v) is 5.91. The number of rotatable bonds is 2. The van der Waals surface area contributed by atoms with Gasteiger partial charge in [0, 0.05) is 27.3 Å². The summed E-state index contributed by atoms with van der Waals surface area (Å²) in [6, 6.07) is 10.7. The summed E-state index contributed by atoms with van der Waals surface area (Å²) in [5.74, 6) is -0.231. The molecule has 0 unspecified atom stereocenters. The third-order valence-corrected chi connectivity index (χ3v) is 3.95. The summed E-state index contributed by atoms with van der Waals surface area (Å²) in [6.07, 6.45) is 1.66. The van der Waals surface area contributed by atoms with E-state index in [-0.39, 0.29) is 5.91 Å². The number of benzene rings is 2. The molecular formula is C15H11BrClN3O. The number of anilines is 2. The first-order valence-electron chi connectivity index (χ1n) is 6.17. The fraction of sp³-hybridized carbons (Fsp3) is 0. The topological polar surface area (TPSA) is 70.9 Å². The monoisotopic (exact) mass is 363 g/mol. The maximum Gasteiger partial charge on any atom is 0.257 e. The van der Waals surface area contributed by atoms with Gasteiger partial charge in [-0.1, -0.05) is 27.5 Å². The minimum Gasteiger partial charge on any atom is -0.399 e. The maximum atomic E-state index is 12.4. The van der Waals surface area contributed by atoms with Crippen LogP contribution in [0.25, 0.3) is 10.9 Å². The average Bonchev–Trinajstić information content (AvgIpc) is 2.85. The molecular weight excluding hydrogens is 354 g/mol. The third kappa shape index (κ3) is 2.75. The molecule has 1 heterocycles. The molecule has 0 aliphatic rings. The van der Waals surface area contributed by atoms with Gasteiger partial charge in [0.2, 0.25) is 0 Å². The number of nitrogens with two attached hydrogens (primary N) is 1. The van der Waals surface area contributed by atoms with Gasteiger partial charge in [-0.25, -0.2) is 0 Å². The molecule has 0 saturated carbocycles. The van der Waals surface area contributed by atoms with E-state index in [2.05, 4.69) is 26.2 Å². The molecule has 0 atom stereocenters. The highest BCUT2D eigenvalue weighted by Crippen LogP contribution is 2.27. The first kappa shape index (κ1) is 14.0. The zero-order valence-electron chi connectivity index (χ0n) is 10.8. The summed E-state index contributed by atoms with van der Waals surface area (Å²) in [5.41, 5.74) is 8.29. The van der Waals surface area contributed by atoms with Crippen LogP contribution in [-0.4, -0.2) is 10.9 Å². The summed E-state index contributed by atoms with van der Waals surface area (Å²) in [5, 5.41) is 4.10. The Kier molecular flexibility index (Phi) is 3.61. The number of nitrogen functional groups attached to an aromatic ring is 1. The number of amides is 1. The first-order valence-corrected chi connectivity index (χ1v) is 7.35. The van der Waals surface area contributed by atoms with Crippen LogP contribution in [0.2, 0.25) is 5.02 Å². The van der Waals surface area contributed by atoms with Gasteiger partial charge in [-0.3, -0.25) is 4.79 Å². The Hall–Kier alpha value is -1.98. The van der Waals surface area contributed by atoms with Crippen molar-refractivity contribution in [1.82, 2.24) is 4.98 Å². The van der Waals surface area contributed by atoms with E-state index in [0.717, 1.165) is 15.4 Å². The van der Waals surface area contributed by atoms with Gasteiger partial charge in [0.05, 0.1) is 16.3 Å². The molecule has 0 aliphatic carbocycles. The van der Waals surface area contributed by atoms with Crippen LogP contribution in [0.4, 0.5) is 11.4 Å². The number of aromatic nitrogens is 1. The number of halogens is 2. The predicted octanol–water partition coefficient (Wildman–Crippen LogP) is 4.42. The minimum absolute atomic E-state index is 0.231. The zero-order valence-corrected chi connectivity index (χ0v) is 13.1. The van der Waals surface area contributed by atoms with E-state index in [1.54, 1.807) is 30.5 Å². The second kappa shape index (κ2) is 5.42. The van der Waals surface area contributed by atoms with Crippen molar-refractivity contribution in [3.8, 4) is 0 Å². The van der Waals surface area contributed by atoms with Crippen LogP contribution in [0.5, 0.6) is 0 Å². The Labute approximate surface area is 134 Å². The lowest BCUT2D eigenvalue weighted by atomic mass is 10.1. The summed E-state index contributed by atoms with van der Waals surface area (Å²) in [4.78, 5) is 15.4. The molecule has 106 valence electrons. The molecule has 1 amide bonds. The highest BCUT2D eigenvalue weighted by atomic mass is 79.9. The summed E-state index contributed by atoms with van der Waals surface area (Å²) >= 11 is 9.43. The van der Waals surface area contributed by atoms with Crippen molar-refractivity contribution in [2.75, 3.05) is 11.1 Å². The fourth-order valence-corrected chi connectivity index (χ4v) is 2.64. The molecule has 21 heavy (non-hydrogen) atoms. The van der Waals surface area contributed by atoms with Crippen molar-refractivity contribution in [3.63, 3.8) is 0 Å². The highest BCUT2D eigenvalue weighted by Gasteiger charge is 2.13. The molecule has 3 rings (SSSR count). The summed E-state index contributed by atoms with van der Waals surface area (Å²) in [7, 11) is 0. The lowest BCUT2D eigenvalue weighted by molar-refractivity contribution is 0.102. The number of hydrogen-bond donors (Lipinski definition) is 3. The van der Waals surface area contributed by atoms with Crippen LogP contribution in [0.1, 0.15) is 10.4 Å². The zero-order chi connectivity index (χ0) is 15.0. The average molecular weight is 365 g/mol. The molecule has 6 heteroatoms. The fourth-order valence-electron chi connectivity index (χ4n) is 2.11. The molecule has 0 spiro atoms. The largest absolute Gasteiger partial charge is 0.399 e. The number of aromatic amines is 1. The van der Waals surface area contributed by atoms with Crippen molar-refractivity contribution >= 4 is 55.7 Å². The van der Waals surface area contributed by atoms with Crippen LogP contribution in [0.15, 0.2) is 47.1 Å². The molecule has 2 aromatic carbocycles. The van der Waals surface area contributed by atoms with Crippen molar-refractivity contribution in [1.29, 1.82) is 0 Å². The van der Waals surface area contributed by atoms with Crippen molar-refractivity contribution in [3.05, 3.63) is 57.7 Å². The van der Waals surface area contributed by atoms with Gasteiger partial charge < -0.3 is 16.0 Å². The van der Waals surface area contributed by atoms with E-state index < -0.39 is 0 Å². The minimum atomic E-state index is -0.231. The van der Waals surface area contributed by atoms with Gasteiger partial charge >= 0.3 is 0 Å². The van der Waals surface area contributed by atoms with E-state index >= 15 is 0 Å². The Bertz CT molecular complexity index is 844. The molecule has 0 saturated heterocycles. The van der Waals surface area contributed by atoms with Crippen LogP contribution in [-0.2, 0) is 0 Å². The Morgan fingerprint density at radius 3 is 2.86 bits per heavy atom. The van der Waals surface area contributed by atoms with Crippen molar-refractivity contribution in [2.45, 2.75) is 0 Å². The Balaban J connectivity index is 1.95. The summed E-state index contributed by atoms with van der Waals surface area (Å²) in [6.45, 7) is 0. The lowest BCUT2D eigenvalue weighted by Gasteiger charge is -2.07. The van der Waals surface area contributed by atoms with E-state index in [1.165, 1.54) is 0 Å². The molecule has 0 aliphatic heterocycles. The molecule has 0 radical (unpaired) electrons.